The smallest absolute Gasteiger partial charge is 0.318 e. The molecule has 5 nitrogen and oxygen atoms in total. The number of benzene rings is 1. The lowest BCUT2D eigenvalue weighted by Crippen LogP contribution is -2.43. The van der Waals surface area contributed by atoms with E-state index in [2.05, 4.69) is 10.6 Å². The zero-order valence-electron chi connectivity index (χ0n) is 12.8. The molecule has 0 bridgehead atoms. The quantitative estimate of drug-likeness (QED) is 0.869. The summed E-state index contributed by atoms with van der Waals surface area (Å²) in [7, 11) is 0. The predicted molar refractivity (Wildman–Crippen MR) is 84.4 cm³/mol. The molecule has 1 saturated heterocycles. The highest BCUT2D eigenvalue weighted by molar-refractivity contribution is 5.90. The van der Waals surface area contributed by atoms with Gasteiger partial charge in [0.1, 0.15) is 6.04 Å². The van der Waals surface area contributed by atoms with E-state index in [9.17, 15) is 9.59 Å². The second-order valence-corrected chi connectivity index (χ2v) is 6.12. The van der Waals surface area contributed by atoms with E-state index in [-0.39, 0.29) is 11.9 Å². The molecule has 0 aromatic heterocycles. The first-order chi connectivity index (χ1) is 10.7. The molecule has 1 unspecified atom stereocenters. The summed E-state index contributed by atoms with van der Waals surface area (Å²) >= 11 is 0. The van der Waals surface area contributed by atoms with E-state index < -0.39 is 6.04 Å². The van der Waals surface area contributed by atoms with Crippen molar-refractivity contribution in [3.05, 3.63) is 35.9 Å². The molecular formula is C17H23N3O2. The molecule has 0 spiro atoms. The Morgan fingerprint density at radius 1 is 1.23 bits per heavy atom. The van der Waals surface area contributed by atoms with E-state index in [1.807, 2.05) is 35.2 Å². The van der Waals surface area contributed by atoms with Gasteiger partial charge in [0, 0.05) is 12.6 Å². The van der Waals surface area contributed by atoms with Gasteiger partial charge in [-0.3, -0.25) is 4.79 Å². The number of nitrogens with zero attached hydrogens (tertiary/aromatic N) is 1. The van der Waals surface area contributed by atoms with Gasteiger partial charge in [-0.15, -0.1) is 0 Å². The fourth-order valence-electron chi connectivity index (χ4n) is 3.33. The van der Waals surface area contributed by atoms with Gasteiger partial charge in [-0.1, -0.05) is 43.2 Å². The molecule has 2 fully saturated rings. The zero-order valence-corrected chi connectivity index (χ0v) is 12.8. The van der Waals surface area contributed by atoms with Gasteiger partial charge in [0.15, 0.2) is 0 Å². The summed E-state index contributed by atoms with van der Waals surface area (Å²) in [6.07, 6.45) is 5.30. The van der Waals surface area contributed by atoms with Crippen LogP contribution < -0.4 is 10.6 Å². The highest BCUT2D eigenvalue weighted by atomic mass is 16.2. The molecule has 118 valence electrons. The Bertz CT molecular complexity index is 526. The summed E-state index contributed by atoms with van der Waals surface area (Å²) in [5, 5.41) is 5.73. The van der Waals surface area contributed by atoms with Crippen LogP contribution in [0.1, 0.15) is 31.2 Å². The normalized spacial score (nSPS) is 21.9. The third-order valence-corrected chi connectivity index (χ3v) is 4.58. The van der Waals surface area contributed by atoms with Gasteiger partial charge >= 0.3 is 6.03 Å². The van der Waals surface area contributed by atoms with E-state index in [0.29, 0.717) is 19.1 Å². The maximum absolute atomic E-state index is 12.2. The zero-order chi connectivity index (χ0) is 15.4. The number of hydrogen-bond donors (Lipinski definition) is 2. The monoisotopic (exact) mass is 301 g/mol. The van der Waals surface area contributed by atoms with Crippen molar-refractivity contribution >= 4 is 11.9 Å². The highest BCUT2D eigenvalue weighted by Crippen LogP contribution is 2.25. The molecule has 1 atom stereocenters. The number of amides is 3. The van der Waals surface area contributed by atoms with Gasteiger partial charge in [0.25, 0.3) is 0 Å². The first-order valence-corrected chi connectivity index (χ1v) is 8.13. The van der Waals surface area contributed by atoms with Crippen LogP contribution in [-0.2, 0) is 11.2 Å². The third kappa shape index (κ3) is 3.40. The van der Waals surface area contributed by atoms with E-state index in [1.165, 1.54) is 18.4 Å². The van der Waals surface area contributed by atoms with Crippen LogP contribution in [0.2, 0.25) is 0 Å². The van der Waals surface area contributed by atoms with Gasteiger partial charge in [-0.2, -0.15) is 0 Å². The van der Waals surface area contributed by atoms with Crippen molar-refractivity contribution in [3.8, 4) is 0 Å². The van der Waals surface area contributed by atoms with Crippen molar-refractivity contribution < 1.29 is 9.59 Å². The van der Waals surface area contributed by atoms with E-state index in [0.717, 1.165) is 19.3 Å². The molecule has 1 aliphatic carbocycles. The summed E-state index contributed by atoms with van der Waals surface area (Å²) in [6, 6.07) is 9.88. The van der Waals surface area contributed by atoms with Gasteiger partial charge in [0.2, 0.25) is 5.91 Å². The van der Waals surface area contributed by atoms with Gasteiger partial charge in [0.05, 0.1) is 6.54 Å². The fourth-order valence-corrected chi connectivity index (χ4v) is 3.33. The number of urea groups is 1. The Labute approximate surface area is 131 Å². The topological polar surface area (TPSA) is 61.4 Å². The molecule has 3 amide bonds. The van der Waals surface area contributed by atoms with Gasteiger partial charge in [-0.05, 0) is 24.8 Å². The van der Waals surface area contributed by atoms with Gasteiger partial charge in [-0.25, -0.2) is 4.79 Å². The number of rotatable bonds is 5. The van der Waals surface area contributed by atoms with Crippen LogP contribution >= 0.6 is 0 Å². The fraction of sp³-hybridized carbons (Fsp3) is 0.529. The van der Waals surface area contributed by atoms with Crippen molar-refractivity contribution in [1.82, 2.24) is 15.5 Å². The molecule has 2 N–H and O–H groups in total. The Morgan fingerprint density at radius 2 is 1.95 bits per heavy atom. The van der Waals surface area contributed by atoms with E-state index in [4.69, 9.17) is 0 Å². The van der Waals surface area contributed by atoms with E-state index in [1.54, 1.807) is 0 Å². The molecule has 1 aromatic rings. The highest BCUT2D eigenvalue weighted by Gasteiger charge is 2.37. The third-order valence-electron chi connectivity index (χ3n) is 4.58. The van der Waals surface area contributed by atoms with Crippen LogP contribution in [0.25, 0.3) is 0 Å². The van der Waals surface area contributed by atoms with Crippen LogP contribution in [0.15, 0.2) is 30.3 Å². The molecule has 1 aromatic carbocycles. The second-order valence-electron chi connectivity index (χ2n) is 6.12. The van der Waals surface area contributed by atoms with Crippen LogP contribution in [0, 0.1) is 0 Å². The molecule has 0 radical (unpaired) electrons. The summed E-state index contributed by atoms with van der Waals surface area (Å²) < 4.78 is 0. The number of carbonyl (C=O) groups is 2. The maximum Gasteiger partial charge on any atom is 0.318 e. The first-order valence-electron chi connectivity index (χ1n) is 8.13. The number of carbonyl (C=O) groups excluding carboxylic acids is 2. The standard InChI is InChI=1S/C17H23N3O2/c21-16(18-11-10-13-6-2-1-3-7-13)15-12-20(17(22)19-15)14-8-4-5-9-14/h1-3,6-7,14-15H,4-5,8-12H2,(H,18,21)(H,19,22). The summed E-state index contributed by atoms with van der Waals surface area (Å²) in [4.78, 5) is 26.0. The molecule has 1 saturated carbocycles. The Kier molecular flexibility index (Phi) is 4.61. The number of nitrogens with one attached hydrogen (secondary N) is 2. The Balaban J connectivity index is 1.45. The first kappa shape index (κ1) is 14.9. The molecule has 5 heteroatoms. The molecule has 1 heterocycles. The summed E-state index contributed by atoms with van der Waals surface area (Å²) in [5.41, 5.74) is 1.20. The Hall–Kier alpha value is -2.04. The lowest BCUT2D eigenvalue weighted by atomic mass is 10.1. The van der Waals surface area contributed by atoms with Crippen LogP contribution in [0.5, 0.6) is 0 Å². The number of hydrogen-bond acceptors (Lipinski definition) is 2. The largest absolute Gasteiger partial charge is 0.354 e. The van der Waals surface area contributed by atoms with Gasteiger partial charge < -0.3 is 15.5 Å². The van der Waals surface area contributed by atoms with Crippen LogP contribution in [0.4, 0.5) is 4.79 Å². The minimum Gasteiger partial charge on any atom is -0.354 e. The molecule has 1 aliphatic heterocycles. The maximum atomic E-state index is 12.2. The predicted octanol–water partition coefficient (Wildman–Crippen LogP) is 1.68. The van der Waals surface area contributed by atoms with E-state index >= 15 is 0 Å². The minimum atomic E-state index is -0.413. The van der Waals surface area contributed by atoms with Crippen molar-refractivity contribution in [2.24, 2.45) is 0 Å². The Morgan fingerprint density at radius 3 is 2.68 bits per heavy atom. The SMILES string of the molecule is O=C(NCCc1ccccc1)C1CN(C2CCCC2)C(=O)N1. The summed E-state index contributed by atoms with van der Waals surface area (Å²) in [5.74, 6) is -0.0789. The molecule has 2 aliphatic rings. The lowest BCUT2D eigenvalue weighted by molar-refractivity contribution is -0.122. The second kappa shape index (κ2) is 6.81. The van der Waals surface area contributed by atoms with Crippen LogP contribution in [-0.4, -0.2) is 42.0 Å². The molecular weight excluding hydrogens is 278 g/mol. The average Bonchev–Trinajstić information content (AvgIpc) is 3.17. The minimum absolute atomic E-state index is 0.0789. The van der Waals surface area contributed by atoms with Crippen molar-refractivity contribution in [2.75, 3.05) is 13.1 Å². The van der Waals surface area contributed by atoms with Crippen molar-refractivity contribution in [1.29, 1.82) is 0 Å². The summed E-state index contributed by atoms with van der Waals surface area (Å²) in [6.45, 7) is 1.10. The van der Waals surface area contributed by atoms with Crippen LogP contribution in [0.3, 0.4) is 0 Å². The lowest BCUT2D eigenvalue weighted by Gasteiger charge is -2.22. The van der Waals surface area contributed by atoms with Crippen molar-refractivity contribution in [2.45, 2.75) is 44.2 Å². The van der Waals surface area contributed by atoms with Crippen molar-refractivity contribution in [3.63, 3.8) is 0 Å². The molecule has 3 rings (SSSR count). The average molecular weight is 301 g/mol. The molecule has 22 heavy (non-hydrogen) atoms.